The third-order valence-corrected chi connectivity index (χ3v) is 4.62. The second kappa shape index (κ2) is 5.95. The van der Waals surface area contributed by atoms with Gasteiger partial charge in [0.15, 0.2) is 0 Å². The zero-order chi connectivity index (χ0) is 17.5. The van der Waals surface area contributed by atoms with Crippen LogP contribution < -0.4 is 5.73 Å². The van der Waals surface area contributed by atoms with Crippen molar-refractivity contribution in [3.63, 3.8) is 0 Å². The number of esters is 2. The van der Waals surface area contributed by atoms with E-state index in [1.54, 1.807) is 12.1 Å². The van der Waals surface area contributed by atoms with Crippen LogP contribution in [0.1, 0.15) is 40.9 Å². The maximum atomic E-state index is 11.9. The summed E-state index contributed by atoms with van der Waals surface area (Å²) in [5, 5.41) is 0.628. The van der Waals surface area contributed by atoms with Gasteiger partial charge in [-0.15, -0.1) is 0 Å². The maximum absolute atomic E-state index is 11.9. The molecule has 0 fully saturated rings. The lowest BCUT2D eigenvalue weighted by molar-refractivity contribution is -0.137. The Hall–Kier alpha value is -2.33. The van der Waals surface area contributed by atoms with Gasteiger partial charge in [-0.1, -0.05) is 43.6 Å². The third-order valence-electron chi connectivity index (χ3n) is 4.30. The highest BCUT2D eigenvalue weighted by molar-refractivity contribution is 6.31. The van der Waals surface area contributed by atoms with E-state index in [0.717, 1.165) is 11.1 Å². The number of halogens is 1. The normalized spacial score (nSPS) is 14.3. The first kappa shape index (κ1) is 16.5. The van der Waals surface area contributed by atoms with Crippen molar-refractivity contribution in [1.29, 1.82) is 0 Å². The minimum atomic E-state index is -0.577. The van der Waals surface area contributed by atoms with Crippen molar-refractivity contribution >= 4 is 29.2 Å². The summed E-state index contributed by atoms with van der Waals surface area (Å²) in [5.74, 6) is -1.08. The topological polar surface area (TPSA) is 69.4 Å². The van der Waals surface area contributed by atoms with E-state index in [0.29, 0.717) is 28.3 Å². The van der Waals surface area contributed by atoms with Gasteiger partial charge in [0.25, 0.3) is 0 Å². The molecule has 0 bridgehead atoms. The molecule has 24 heavy (non-hydrogen) atoms. The minimum absolute atomic E-state index is 0.133. The predicted molar refractivity (Wildman–Crippen MR) is 93.2 cm³/mol. The molecule has 0 saturated carbocycles. The number of nitrogens with two attached hydrogens (primary N) is 1. The third kappa shape index (κ3) is 3.15. The van der Waals surface area contributed by atoms with Crippen molar-refractivity contribution in [2.45, 2.75) is 32.1 Å². The summed E-state index contributed by atoms with van der Waals surface area (Å²) in [4.78, 5) is 23.2. The Bertz CT molecular complexity index is 843. The molecule has 0 aliphatic carbocycles. The monoisotopic (exact) mass is 343 g/mol. The van der Waals surface area contributed by atoms with Crippen LogP contribution in [0.3, 0.4) is 0 Å². The summed E-state index contributed by atoms with van der Waals surface area (Å²) < 4.78 is 4.70. The van der Waals surface area contributed by atoms with E-state index in [9.17, 15) is 9.59 Å². The number of carbonyl (C=O) groups is 2. The summed E-state index contributed by atoms with van der Waals surface area (Å²) in [6.07, 6.45) is 0.819. The van der Waals surface area contributed by atoms with Gasteiger partial charge in [-0.05, 0) is 46.7 Å². The number of hydrogen-bond donors (Lipinski definition) is 1. The first-order valence-electron chi connectivity index (χ1n) is 7.68. The van der Waals surface area contributed by atoms with Crippen molar-refractivity contribution in [2.24, 2.45) is 0 Å². The Kier molecular flexibility index (Phi) is 4.10. The molecule has 0 saturated heterocycles. The smallest absolute Gasteiger partial charge is 0.346 e. The molecule has 2 N–H and O–H groups in total. The molecule has 0 aromatic heterocycles. The minimum Gasteiger partial charge on any atom is -0.399 e. The molecule has 0 atom stereocenters. The SMILES string of the molecule is CC(C)(Cc1ccc2c(c1)C(=O)OC(=O)C2)c1ccc(N)cc1Cl. The Morgan fingerprint density at radius 2 is 1.92 bits per heavy atom. The van der Waals surface area contributed by atoms with Gasteiger partial charge < -0.3 is 10.5 Å². The van der Waals surface area contributed by atoms with Gasteiger partial charge in [-0.3, -0.25) is 4.79 Å². The second-order valence-corrected chi connectivity index (χ2v) is 7.14. The molecule has 4 nitrogen and oxygen atoms in total. The highest BCUT2D eigenvalue weighted by Gasteiger charge is 2.27. The summed E-state index contributed by atoms with van der Waals surface area (Å²) in [7, 11) is 0. The molecule has 1 aliphatic heterocycles. The van der Waals surface area contributed by atoms with Gasteiger partial charge in [0.2, 0.25) is 0 Å². The van der Waals surface area contributed by atoms with Gasteiger partial charge in [-0.2, -0.15) is 0 Å². The zero-order valence-corrected chi connectivity index (χ0v) is 14.3. The molecule has 1 aliphatic rings. The Balaban J connectivity index is 1.92. The average Bonchev–Trinajstić information content (AvgIpc) is 2.47. The van der Waals surface area contributed by atoms with Gasteiger partial charge in [0.05, 0.1) is 12.0 Å². The van der Waals surface area contributed by atoms with E-state index in [2.05, 4.69) is 13.8 Å². The molecule has 5 heteroatoms. The number of fused-ring (bicyclic) bond motifs is 1. The standard InChI is InChI=1S/C19H18ClNO3/c1-19(2,15-6-5-13(21)9-16(15)20)10-11-3-4-12-8-17(22)24-18(23)14(12)7-11/h3-7,9H,8,10,21H2,1-2H3. The summed E-state index contributed by atoms with van der Waals surface area (Å²) in [6.45, 7) is 4.18. The van der Waals surface area contributed by atoms with Crippen molar-refractivity contribution < 1.29 is 14.3 Å². The fourth-order valence-electron chi connectivity index (χ4n) is 3.11. The van der Waals surface area contributed by atoms with Gasteiger partial charge in [0.1, 0.15) is 0 Å². The molecule has 2 aromatic rings. The van der Waals surface area contributed by atoms with E-state index >= 15 is 0 Å². The van der Waals surface area contributed by atoms with Crippen molar-refractivity contribution in [1.82, 2.24) is 0 Å². The van der Waals surface area contributed by atoms with Crippen LogP contribution in [-0.4, -0.2) is 11.9 Å². The lowest BCUT2D eigenvalue weighted by Crippen LogP contribution is -2.24. The Labute approximate surface area is 145 Å². The number of rotatable bonds is 3. The molecule has 0 unspecified atom stereocenters. The van der Waals surface area contributed by atoms with E-state index in [4.69, 9.17) is 22.1 Å². The van der Waals surface area contributed by atoms with Gasteiger partial charge >= 0.3 is 11.9 Å². The van der Waals surface area contributed by atoms with E-state index in [1.165, 1.54) is 0 Å². The zero-order valence-electron chi connectivity index (χ0n) is 13.6. The molecule has 1 heterocycles. The predicted octanol–water partition coefficient (Wildman–Crippen LogP) is 3.68. The molecule has 124 valence electrons. The summed E-state index contributed by atoms with van der Waals surface area (Å²) in [6, 6.07) is 11.1. The molecule has 0 spiro atoms. The highest BCUT2D eigenvalue weighted by atomic mass is 35.5. The lowest BCUT2D eigenvalue weighted by Gasteiger charge is -2.27. The maximum Gasteiger partial charge on any atom is 0.346 e. The fourth-order valence-corrected chi connectivity index (χ4v) is 3.56. The molecule has 2 aromatic carbocycles. The van der Waals surface area contributed by atoms with E-state index < -0.39 is 11.9 Å². The number of anilines is 1. The van der Waals surface area contributed by atoms with E-state index in [-0.39, 0.29) is 11.8 Å². The summed E-state index contributed by atoms with van der Waals surface area (Å²) >= 11 is 6.34. The highest BCUT2D eigenvalue weighted by Crippen LogP contribution is 2.34. The van der Waals surface area contributed by atoms with Crippen molar-refractivity contribution in [2.75, 3.05) is 5.73 Å². The van der Waals surface area contributed by atoms with Gasteiger partial charge in [0, 0.05) is 10.7 Å². The summed E-state index contributed by atoms with van der Waals surface area (Å²) in [5.41, 5.74) is 9.30. The number of hydrogen-bond acceptors (Lipinski definition) is 4. The largest absolute Gasteiger partial charge is 0.399 e. The number of cyclic esters (lactones) is 2. The number of carbonyl (C=O) groups excluding carboxylic acids is 2. The first-order chi connectivity index (χ1) is 11.3. The fraction of sp³-hybridized carbons (Fsp3) is 0.263. The lowest BCUT2D eigenvalue weighted by atomic mass is 9.78. The number of benzene rings is 2. The van der Waals surface area contributed by atoms with Crippen LogP contribution in [-0.2, 0) is 27.8 Å². The molecule has 3 rings (SSSR count). The van der Waals surface area contributed by atoms with Crippen LogP contribution >= 0.6 is 11.6 Å². The van der Waals surface area contributed by atoms with Crippen LogP contribution in [0.15, 0.2) is 36.4 Å². The number of nitrogen functional groups attached to an aromatic ring is 1. The average molecular weight is 344 g/mol. The van der Waals surface area contributed by atoms with Crippen LogP contribution in [0.25, 0.3) is 0 Å². The molecular weight excluding hydrogens is 326 g/mol. The number of ether oxygens (including phenoxy) is 1. The second-order valence-electron chi connectivity index (χ2n) is 6.73. The molecule has 0 amide bonds. The Morgan fingerprint density at radius 3 is 2.62 bits per heavy atom. The van der Waals surface area contributed by atoms with Crippen LogP contribution in [0.2, 0.25) is 5.02 Å². The van der Waals surface area contributed by atoms with Crippen LogP contribution in [0, 0.1) is 0 Å². The first-order valence-corrected chi connectivity index (χ1v) is 8.06. The molecule has 0 radical (unpaired) electrons. The molecular formula is C19H18ClNO3. The van der Waals surface area contributed by atoms with E-state index in [1.807, 2.05) is 24.3 Å². The van der Waals surface area contributed by atoms with Gasteiger partial charge in [-0.25, -0.2) is 4.79 Å². The van der Waals surface area contributed by atoms with Crippen molar-refractivity contribution in [3.05, 3.63) is 63.7 Å². The van der Waals surface area contributed by atoms with Crippen LogP contribution in [0.4, 0.5) is 5.69 Å². The van der Waals surface area contributed by atoms with Crippen molar-refractivity contribution in [3.8, 4) is 0 Å². The Morgan fingerprint density at radius 1 is 1.17 bits per heavy atom. The quantitative estimate of drug-likeness (QED) is 0.524. The van der Waals surface area contributed by atoms with Crippen LogP contribution in [0.5, 0.6) is 0 Å².